The fraction of sp³-hybridized carbons (Fsp3) is 0.500. The molecule has 0 aliphatic heterocycles. The Kier molecular flexibility index (Phi) is 6.03. The molecular weight excluding hydrogens is 160 g/mol. The molecule has 0 saturated heterocycles. The molecule has 1 heteroatoms. The Morgan fingerprint density at radius 2 is 1.92 bits per heavy atom. The SMILES string of the molecule is C=C/C(CCC(C)C)=C(\C=C)OC. The highest BCUT2D eigenvalue weighted by Crippen LogP contribution is 2.17. The lowest BCUT2D eigenvalue weighted by atomic mass is 10.0. The van der Waals surface area contributed by atoms with Crippen molar-refractivity contribution in [2.45, 2.75) is 26.7 Å². The summed E-state index contributed by atoms with van der Waals surface area (Å²) in [5.41, 5.74) is 1.14. The Labute approximate surface area is 81.8 Å². The van der Waals surface area contributed by atoms with Gasteiger partial charge in [-0.15, -0.1) is 0 Å². The average molecular weight is 180 g/mol. The van der Waals surface area contributed by atoms with Crippen molar-refractivity contribution in [3.63, 3.8) is 0 Å². The Morgan fingerprint density at radius 3 is 2.23 bits per heavy atom. The zero-order valence-corrected chi connectivity index (χ0v) is 8.97. The van der Waals surface area contributed by atoms with Gasteiger partial charge in [0, 0.05) is 0 Å². The van der Waals surface area contributed by atoms with Crippen LogP contribution in [0.4, 0.5) is 0 Å². The van der Waals surface area contributed by atoms with E-state index in [0.29, 0.717) is 5.92 Å². The van der Waals surface area contributed by atoms with E-state index in [1.165, 1.54) is 0 Å². The molecule has 74 valence electrons. The largest absolute Gasteiger partial charge is 0.497 e. The van der Waals surface area contributed by atoms with Gasteiger partial charge in [0.05, 0.1) is 7.11 Å². The van der Waals surface area contributed by atoms with E-state index in [4.69, 9.17) is 4.74 Å². The first-order valence-corrected chi connectivity index (χ1v) is 4.67. The molecule has 0 spiro atoms. The lowest BCUT2D eigenvalue weighted by Crippen LogP contribution is -1.93. The van der Waals surface area contributed by atoms with Crippen LogP contribution in [-0.2, 0) is 4.74 Å². The summed E-state index contributed by atoms with van der Waals surface area (Å²) in [6.07, 6.45) is 5.75. The van der Waals surface area contributed by atoms with Gasteiger partial charge in [0.15, 0.2) is 0 Å². The highest BCUT2D eigenvalue weighted by molar-refractivity contribution is 5.26. The monoisotopic (exact) mass is 180 g/mol. The zero-order valence-electron chi connectivity index (χ0n) is 8.97. The summed E-state index contributed by atoms with van der Waals surface area (Å²) in [5, 5.41) is 0. The van der Waals surface area contributed by atoms with Crippen molar-refractivity contribution in [3.05, 3.63) is 36.6 Å². The molecule has 1 nitrogen and oxygen atoms in total. The maximum absolute atomic E-state index is 5.18. The predicted molar refractivity (Wildman–Crippen MR) is 58.5 cm³/mol. The van der Waals surface area contributed by atoms with E-state index in [2.05, 4.69) is 27.0 Å². The molecule has 0 aromatic carbocycles. The Balaban J connectivity index is 4.38. The maximum Gasteiger partial charge on any atom is 0.121 e. The lowest BCUT2D eigenvalue weighted by molar-refractivity contribution is 0.301. The van der Waals surface area contributed by atoms with Crippen LogP contribution in [0.2, 0.25) is 0 Å². The Morgan fingerprint density at radius 1 is 1.31 bits per heavy atom. The van der Waals surface area contributed by atoms with Gasteiger partial charge in [0.25, 0.3) is 0 Å². The minimum absolute atomic E-state index is 0.706. The molecule has 0 heterocycles. The maximum atomic E-state index is 5.18. The molecule has 0 N–H and O–H groups in total. The minimum Gasteiger partial charge on any atom is -0.497 e. The number of rotatable bonds is 6. The van der Waals surface area contributed by atoms with Crippen molar-refractivity contribution in [1.82, 2.24) is 0 Å². The topological polar surface area (TPSA) is 9.23 Å². The first-order chi connectivity index (χ1) is 6.15. The molecule has 0 unspecified atom stereocenters. The van der Waals surface area contributed by atoms with Crippen molar-refractivity contribution >= 4 is 0 Å². The summed E-state index contributed by atoms with van der Waals surface area (Å²) in [6.45, 7) is 11.9. The van der Waals surface area contributed by atoms with Gasteiger partial charge in [0.1, 0.15) is 5.76 Å². The molecule has 0 aliphatic carbocycles. The number of allylic oxidation sites excluding steroid dienone is 3. The van der Waals surface area contributed by atoms with Gasteiger partial charge in [-0.1, -0.05) is 33.1 Å². The predicted octanol–water partition coefficient (Wildman–Crippen LogP) is 3.70. The molecule has 0 rings (SSSR count). The summed E-state index contributed by atoms with van der Waals surface area (Å²) >= 11 is 0. The van der Waals surface area contributed by atoms with E-state index in [9.17, 15) is 0 Å². The third kappa shape index (κ3) is 4.56. The molecule has 0 bridgehead atoms. The first kappa shape index (κ1) is 12.0. The van der Waals surface area contributed by atoms with Gasteiger partial charge in [-0.2, -0.15) is 0 Å². The third-order valence-electron chi connectivity index (χ3n) is 1.96. The van der Waals surface area contributed by atoms with E-state index in [-0.39, 0.29) is 0 Å². The van der Waals surface area contributed by atoms with Crippen LogP contribution in [0.25, 0.3) is 0 Å². The van der Waals surface area contributed by atoms with Gasteiger partial charge in [0.2, 0.25) is 0 Å². The van der Waals surface area contributed by atoms with Gasteiger partial charge in [-0.05, 0) is 30.4 Å². The highest BCUT2D eigenvalue weighted by atomic mass is 16.5. The van der Waals surface area contributed by atoms with Crippen molar-refractivity contribution in [3.8, 4) is 0 Å². The molecule has 0 aliphatic rings. The molecule has 0 saturated carbocycles. The number of hydrogen-bond donors (Lipinski definition) is 0. The van der Waals surface area contributed by atoms with Crippen LogP contribution in [0.3, 0.4) is 0 Å². The summed E-state index contributed by atoms with van der Waals surface area (Å²) in [4.78, 5) is 0. The third-order valence-corrected chi connectivity index (χ3v) is 1.96. The summed E-state index contributed by atoms with van der Waals surface area (Å²) in [7, 11) is 1.66. The minimum atomic E-state index is 0.706. The average Bonchev–Trinajstić information content (AvgIpc) is 2.11. The standard InChI is InChI=1S/C12H20O/c1-6-11(9-8-10(3)4)12(7-2)13-5/h6-7,10H,1-2,8-9H2,3-5H3/b12-11-. The van der Waals surface area contributed by atoms with Gasteiger partial charge >= 0.3 is 0 Å². The molecule has 0 aromatic rings. The highest BCUT2D eigenvalue weighted by Gasteiger charge is 2.02. The number of hydrogen-bond acceptors (Lipinski definition) is 1. The Bertz CT molecular complexity index is 199. The van der Waals surface area contributed by atoms with Crippen LogP contribution in [0, 0.1) is 5.92 Å². The summed E-state index contributed by atoms with van der Waals surface area (Å²) in [5.74, 6) is 1.55. The van der Waals surface area contributed by atoms with Gasteiger partial charge in [-0.3, -0.25) is 0 Å². The quantitative estimate of drug-likeness (QED) is 0.447. The number of ether oxygens (including phenoxy) is 1. The second-order valence-electron chi connectivity index (χ2n) is 3.43. The van der Waals surface area contributed by atoms with Crippen molar-refractivity contribution < 1.29 is 4.74 Å². The van der Waals surface area contributed by atoms with Gasteiger partial charge in [-0.25, -0.2) is 0 Å². The second kappa shape index (κ2) is 6.53. The van der Waals surface area contributed by atoms with E-state index in [1.807, 2.05) is 6.08 Å². The van der Waals surface area contributed by atoms with E-state index in [0.717, 1.165) is 24.2 Å². The molecule has 0 radical (unpaired) electrons. The van der Waals surface area contributed by atoms with Crippen LogP contribution in [0.15, 0.2) is 36.6 Å². The van der Waals surface area contributed by atoms with Crippen LogP contribution >= 0.6 is 0 Å². The Hall–Kier alpha value is -0.980. The summed E-state index contributed by atoms with van der Waals surface area (Å²) < 4.78 is 5.18. The summed E-state index contributed by atoms with van der Waals surface area (Å²) in [6, 6.07) is 0. The van der Waals surface area contributed by atoms with Crippen molar-refractivity contribution in [2.75, 3.05) is 7.11 Å². The first-order valence-electron chi connectivity index (χ1n) is 4.67. The lowest BCUT2D eigenvalue weighted by Gasteiger charge is -2.09. The zero-order chi connectivity index (χ0) is 10.3. The van der Waals surface area contributed by atoms with Crippen molar-refractivity contribution in [1.29, 1.82) is 0 Å². The van der Waals surface area contributed by atoms with Crippen LogP contribution < -0.4 is 0 Å². The van der Waals surface area contributed by atoms with Gasteiger partial charge < -0.3 is 4.74 Å². The normalized spacial score (nSPS) is 12.3. The van der Waals surface area contributed by atoms with E-state index < -0.39 is 0 Å². The van der Waals surface area contributed by atoms with Crippen LogP contribution in [0.1, 0.15) is 26.7 Å². The van der Waals surface area contributed by atoms with Crippen LogP contribution in [-0.4, -0.2) is 7.11 Å². The molecule has 0 aromatic heterocycles. The second-order valence-corrected chi connectivity index (χ2v) is 3.43. The van der Waals surface area contributed by atoms with Crippen molar-refractivity contribution in [2.24, 2.45) is 5.92 Å². The molecule has 13 heavy (non-hydrogen) atoms. The molecule has 0 fully saturated rings. The fourth-order valence-electron chi connectivity index (χ4n) is 1.12. The van der Waals surface area contributed by atoms with E-state index >= 15 is 0 Å². The smallest absolute Gasteiger partial charge is 0.121 e. The fourth-order valence-corrected chi connectivity index (χ4v) is 1.12. The molecule has 0 amide bonds. The van der Waals surface area contributed by atoms with E-state index in [1.54, 1.807) is 13.2 Å². The number of methoxy groups -OCH3 is 1. The van der Waals surface area contributed by atoms with Crippen LogP contribution in [0.5, 0.6) is 0 Å². The molecular formula is C12H20O. The molecule has 0 atom stereocenters.